The molecule has 0 saturated carbocycles. The summed E-state index contributed by atoms with van der Waals surface area (Å²) < 4.78 is 0. The third kappa shape index (κ3) is 4.43. The fourth-order valence-electron chi connectivity index (χ4n) is 4.34. The van der Waals surface area contributed by atoms with Crippen LogP contribution >= 0.6 is 0 Å². The highest BCUT2D eigenvalue weighted by Crippen LogP contribution is 2.40. The van der Waals surface area contributed by atoms with Crippen LogP contribution in [0.4, 0.5) is 0 Å². The van der Waals surface area contributed by atoms with E-state index < -0.39 is 0 Å². The molecule has 0 bridgehead atoms. The van der Waals surface area contributed by atoms with Gasteiger partial charge in [0, 0.05) is 0 Å². The topological polar surface area (TPSA) is 0 Å². The Morgan fingerprint density at radius 2 is 0.679 bits per heavy atom. The van der Waals surface area contributed by atoms with Gasteiger partial charge < -0.3 is 0 Å². The molecule has 2 rings (SSSR count). The molecule has 2 aromatic carbocycles. The fourth-order valence-corrected chi connectivity index (χ4v) is 4.34. The molecule has 28 heavy (non-hydrogen) atoms. The summed E-state index contributed by atoms with van der Waals surface area (Å²) in [6.07, 6.45) is 0. The molecule has 0 N–H and O–H groups in total. The van der Waals surface area contributed by atoms with Crippen LogP contribution < -0.4 is 0 Å². The van der Waals surface area contributed by atoms with Crippen molar-refractivity contribution in [2.24, 2.45) is 0 Å². The summed E-state index contributed by atoms with van der Waals surface area (Å²) in [5.41, 5.74) is 11.7. The predicted octanol–water partition coefficient (Wildman–Crippen LogP) is 9.13. The van der Waals surface area contributed by atoms with E-state index in [2.05, 4.69) is 106 Å². The molecule has 0 heterocycles. The average Bonchev–Trinajstić information content (AvgIpc) is 2.65. The summed E-state index contributed by atoms with van der Waals surface area (Å²) >= 11 is 0. The van der Waals surface area contributed by atoms with E-state index in [1.165, 1.54) is 44.5 Å². The van der Waals surface area contributed by atoms with Crippen molar-refractivity contribution < 1.29 is 0 Å². The lowest BCUT2D eigenvalue weighted by Crippen LogP contribution is -2.06. The molecule has 0 aliphatic heterocycles. The smallest absolute Gasteiger partial charge is 0.0155 e. The zero-order chi connectivity index (χ0) is 21.2. The molecule has 0 radical (unpaired) electrons. The Morgan fingerprint density at radius 1 is 0.464 bits per heavy atom. The average molecular weight is 377 g/mol. The summed E-state index contributed by atoms with van der Waals surface area (Å²) in [7, 11) is 0. The van der Waals surface area contributed by atoms with Crippen molar-refractivity contribution in [3.05, 3.63) is 69.8 Å². The van der Waals surface area contributed by atoms with Gasteiger partial charge in [0.05, 0.1) is 0 Å². The van der Waals surface area contributed by atoms with Gasteiger partial charge in [-0.3, -0.25) is 0 Å². The van der Waals surface area contributed by atoms with Gasteiger partial charge in [0.15, 0.2) is 0 Å². The minimum absolute atomic E-state index is 0.515. The van der Waals surface area contributed by atoms with E-state index in [9.17, 15) is 0 Å². The Bertz CT molecular complexity index is 720. The van der Waals surface area contributed by atoms with Crippen LogP contribution in [0.25, 0.3) is 11.1 Å². The lowest BCUT2D eigenvalue weighted by Gasteiger charge is -2.25. The minimum Gasteiger partial charge on any atom is -0.0617 e. The quantitative estimate of drug-likeness (QED) is 0.441. The van der Waals surface area contributed by atoms with Crippen molar-refractivity contribution in [2.75, 3.05) is 0 Å². The number of hydrogen-bond acceptors (Lipinski definition) is 0. The molecule has 0 unspecified atom stereocenters. The Balaban J connectivity index is 2.88. The summed E-state index contributed by atoms with van der Waals surface area (Å²) in [6, 6.07) is 13.7. The normalized spacial score (nSPS) is 13.1. The highest BCUT2D eigenvalue weighted by molar-refractivity contribution is 5.93. The van der Waals surface area contributed by atoms with Gasteiger partial charge in [0.25, 0.3) is 0 Å². The van der Waals surface area contributed by atoms with Gasteiger partial charge in [-0.2, -0.15) is 0 Å². The first-order valence-corrected chi connectivity index (χ1v) is 11.0. The first kappa shape index (κ1) is 22.5. The summed E-state index contributed by atoms with van der Waals surface area (Å²) in [6.45, 7) is 23.2. The van der Waals surface area contributed by atoms with E-state index in [1.807, 2.05) is 0 Å². The van der Waals surface area contributed by atoms with Crippen LogP contribution in [0.2, 0.25) is 0 Å². The van der Waals surface area contributed by atoms with Gasteiger partial charge >= 0.3 is 0 Å². The van der Waals surface area contributed by atoms with E-state index in [1.54, 1.807) is 0 Å². The molecule has 0 nitrogen and oxygen atoms in total. The molecule has 0 amide bonds. The maximum atomic E-state index is 2.34. The van der Waals surface area contributed by atoms with Crippen molar-refractivity contribution in [3.63, 3.8) is 0 Å². The molecular formula is C28H40. The van der Waals surface area contributed by atoms with Crippen LogP contribution in [0.3, 0.4) is 0 Å². The third-order valence-corrected chi connectivity index (χ3v) is 6.06. The number of rotatable bonds is 6. The Morgan fingerprint density at radius 3 is 0.857 bits per heavy atom. The second kappa shape index (κ2) is 9.12. The lowest BCUT2D eigenvalue weighted by atomic mass is 9.79. The van der Waals surface area contributed by atoms with Crippen LogP contribution in [0.1, 0.15) is 126 Å². The van der Waals surface area contributed by atoms with Crippen molar-refractivity contribution >= 4 is 11.1 Å². The molecule has 0 fully saturated rings. The monoisotopic (exact) mass is 376 g/mol. The molecule has 0 atom stereocenters. The second-order valence-corrected chi connectivity index (χ2v) is 9.49. The first-order valence-electron chi connectivity index (χ1n) is 11.0. The van der Waals surface area contributed by atoms with Crippen molar-refractivity contribution in [2.45, 2.75) is 92.9 Å². The minimum atomic E-state index is 0.515. The van der Waals surface area contributed by atoms with Crippen LogP contribution in [-0.2, 0) is 0 Å². The molecule has 152 valence electrons. The van der Waals surface area contributed by atoms with Crippen LogP contribution in [0.5, 0.6) is 0 Å². The Kier molecular flexibility index (Phi) is 7.32. The predicted molar refractivity (Wildman–Crippen MR) is 127 cm³/mol. The third-order valence-electron chi connectivity index (χ3n) is 6.06. The standard InChI is InChI=1S/C28H40/c1-17(2)23-13-11-14-24(18(3)4)27(23)21(9)22(10)28-25(19(5)6)15-12-16-26(28)20(7)8/h11-20H,1-10H3. The van der Waals surface area contributed by atoms with E-state index in [-0.39, 0.29) is 0 Å². The molecule has 0 aliphatic carbocycles. The molecular weight excluding hydrogens is 336 g/mol. The Hall–Kier alpha value is -1.82. The van der Waals surface area contributed by atoms with Crippen LogP contribution in [0, 0.1) is 0 Å². The van der Waals surface area contributed by atoms with Crippen molar-refractivity contribution in [1.82, 2.24) is 0 Å². The molecule has 0 heteroatoms. The SMILES string of the molecule is CC(=C(C)c1c(C(C)C)cccc1C(C)C)c1c(C(C)C)cccc1C(C)C. The van der Waals surface area contributed by atoms with Crippen LogP contribution in [0.15, 0.2) is 36.4 Å². The Labute approximate surface area is 174 Å². The van der Waals surface area contributed by atoms with E-state index in [4.69, 9.17) is 0 Å². The van der Waals surface area contributed by atoms with Gasteiger partial charge in [0.1, 0.15) is 0 Å². The van der Waals surface area contributed by atoms with E-state index >= 15 is 0 Å². The van der Waals surface area contributed by atoms with Gasteiger partial charge in [-0.05, 0) is 82.0 Å². The van der Waals surface area contributed by atoms with E-state index in [0.717, 1.165) is 0 Å². The summed E-state index contributed by atoms with van der Waals surface area (Å²) in [5, 5.41) is 0. The zero-order valence-corrected chi connectivity index (χ0v) is 19.8. The van der Waals surface area contributed by atoms with Gasteiger partial charge in [-0.1, -0.05) is 91.8 Å². The molecule has 0 spiro atoms. The van der Waals surface area contributed by atoms with Crippen molar-refractivity contribution in [3.8, 4) is 0 Å². The zero-order valence-electron chi connectivity index (χ0n) is 19.8. The second-order valence-electron chi connectivity index (χ2n) is 9.49. The number of allylic oxidation sites excluding steroid dienone is 2. The fraction of sp³-hybridized carbons (Fsp3) is 0.500. The molecule has 0 aromatic heterocycles. The summed E-state index contributed by atoms with van der Waals surface area (Å²) in [5.74, 6) is 2.06. The van der Waals surface area contributed by atoms with Crippen LogP contribution in [-0.4, -0.2) is 0 Å². The molecule has 0 aliphatic rings. The van der Waals surface area contributed by atoms with Gasteiger partial charge in [-0.15, -0.1) is 0 Å². The first-order chi connectivity index (χ1) is 13.1. The molecule has 0 saturated heterocycles. The highest BCUT2D eigenvalue weighted by Gasteiger charge is 2.20. The van der Waals surface area contributed by atoms with E-state index in [0.29, 0.717) is 23.7 Å². The number of benzene rings is 2. The maximum absolute atomic E-state index is 2.34. The lowest BCUT2D eigenvalue weighted by molar-refractivity contribution is 0.823. The maximum Gasteiger partial charge on any atom is -0.0155 e. The summed E-state index contributed by atoms with van der Waals surface area (Å²) in [4.78, 5) is 0. The number of hydrogen-bond donors (Lipinski definition) is 0. The van der Waals surface area contributed by atoms with Gasteiger partial charge in [0.2, 0.25) is 0 Å². The van der Waals surface area contributed by atoms with Gasteiger partial charge in [-0.25, -0.2) is 0 Å². The highest BCUT2D eigenvalue weighted by atomic mass is 14.2. The molecule has 2 aromatic rings. The largest absolute Gasteiger partial charge is 0.0617 e. The van der Waals surface area contributed by atoms with Crippen molar-refractivity contribution in [1.29, 1.82) is 0 Å².